The largest absolute Gasteiger partial charge is 0.497 e. The first-order valence-corrected chi connectivity index (χ1v) is 9.46. The molecule has 0 radical (unpaired) electrons. The second-order valence-corrected chi connectivity index (χ2v) is 6.50. The Morgan fingerprint density at radius 1 is 1.14 bits per heavy atom. The van der Waals surface area contributed by atoms with E-state index in [1.807, 2.05) is 48.5 Å². The van der Waals surface area contributed by atoms with Crippen molar-refractivity contribution in [3.63, 3.8) is 0 Å². The van der Waals surface area contributed by atoms with Gasteiger partial charge in [0.15, 0.2) is 5.96 Å². The van der Waals surface area contributed by atoms with Gasteiger partial charge in [-0.05, 0) is 42.0 Å². The Morgan fingerprint density at radius 3 is 2.62 bits per heavy atom. The van der Waals surface area contributed by atoms with Gasteiger partial charge < -0.3 is 25.3 Å². The number of ether oxygens (including phenoxy) is 3. The molecule has 0 aromatic heterocycles. The predicted molar refractivity (Wildman–Crippen MR) is 127 cm³/mol. The number of methoxy groups -OCH3 is 1. The average molecular weight is 512 g/mol. The quantitative estimate of drug-likeness (QED) is 0.322. The first kappa shape index (κ1) is 23.2. The fourth-order valence-electron chi connectivity index (χ4n) is 2.89. The number of nitrogens with zero attached hydrogens (tertiary/aromatic N) is 2. The summed E-state index contributed by atoms with van der Waals surface area (Å²) in [6.07, 6.45) is 0. The van der Waals surface area contributed by atoms with E-state index in [0.717, 1.165) is 55.6 Å². The van der Waals surface area contributed by atoms with E-state index >= 15 is 0 Å². The van der Waals surface area contributed by atoms with E-state index in [9.17, 15) is 0 Å². The van der Waals surface area contributed by atoms with Crippen LogP contribution in [0.2, 0.25) is 0 Å². The van der Waals surface area contributed by atoms with Crippen molar-refractivity contribution >= 4 is 35.6 Å². The number of rotatable bonds is 8. The Labute approximate surface area is 189 Å². The van der Waals surface area contributed by atoms with Crippen LogP contribution >= 0.6 is 24.0 Å². The summed E-state index contributed by atoms with van der Waals surface area (Å²) in [7, 11) is 1.64. The van der Waals surface area contributed by atoms with Crippen molar-refractivity contribution in [2.24, 2.45) is 10.7 Å². The topological polar surface area (TPSA) is 81.3 Å². The summed E-state index contributed by atoms with van der Waals surface area (Å²) in [5, 5.41) is 3.07. The Kier molecular flexibility index (Phi) is 10.0. The van der Waals surface area contributed by atoms with Gasteiger partial charge in [-0.15, -0.1) is 24.0 Å². The minimum absolute atomic E-state index is 0. The van der Waals surface area contributed by atoms with E-state index in [2.05, 4.69) is 15.2 Å². The summed E-state index contributed by atoms with van der Waals surface area (Å²) < 4.78 is 16.4. The fraction of sp³-hybridized carbons (Fsp3) is 0.381. The third kappa shape index (κ3) is 8.08. The molecule has 0 amide bonds. The molecule has 7 nitrogen and oxygen atoms in total. The maximum Gasteiger partial charge on any atom is 0.193 e. The first-order valence-electron chi connectivity index (χ1n) is 9.46. The molecule has 0 unspecified atom stereocenters. The number of benzene rings is 2. The summed E-state index contributed by atoms with van der Waals surface area (Å²) in [5.41, 5.74) is 7.89. The highest BCUT2D eigenvalue weighted by atomic mass is 127. The summed E-state index contributed by atoms with van der Waals surface area (Å²) in [4.78, 5) is 6.75. The molecule has 0 bridgehead atoms. The van der Waals surface area contributed by atoms with E-state index in [1.54, 1.807) is 7.11 Å². The Hall–Kier alpha value is -2.04. The van der Waals surface area contributed by atoms with Crippen molar-refractivity contribution in [2.45, 2.75) is 6.54 Å². The smallest absolute Gasteiger partial charge is 0.193 e. The molecule has 8 heteroatoms. The van der Waals surface area contributed by atoms with Crippen LogP contribution in [0.1, 0.15) is 5.56 Å². The van der Waals surface area contributed by atoms with E-state index in [0.29, 0.717) is 19.1 Å². The SMILES string of the molecule is COc1ccc(NC(N)=NCc2cccc(OCCN3CCOCC3)c2)cc1.I. The lowest BCUT2D eigenvalue weighted by Gasteiger charge is -2.26. The highest BCUT2D eigenvalue weighted by Crippen LogP contribution is 2.16. The maximum absolute atomic E-state index is 5.99. The van der Waals surface area contributed by atoms with Gasteiger partial charge in [0, 0.05) is 25.3 Å². The van der Waals surface area contributed by atoms with E-state index in [1.165, 1.54) is 0 Å². The van der Waals surface area contributed by atoms with Gasteiger partial charge in [-0.1, -0.05) is 12.1 Å². The van der Waals surface area contributed by atoms with E-state index in [4.69, 9.17) is 19.9 Å². The molecule has 0 atom stereocenters. The van der Waals surface area contributed by atoms with Gasteiger partial charge in [0.25, 0.3) is 0 Å². The number of morpholine rings is 1. The van der Waals surface area contributed by atoms with Gasteiger partial charge in [-0.2, -0.15) is 0 Å². The predicted octanol–water partition coefficient (Wildman–Crippen LogP) is 2.95. The zero-order valence-electron chi connectivity index (χ0n) is 16.7. The van der Waals surface area contributed by atoms with Crippen molar-refractivity contribution in [1.29, 1.82) is 0 Å². The van der Waals surface area contributed by atoms with Crippen molar-refractivity contribution in [1.82, 2.24) is 4.90 Å². The Balaban J connectivity index is 0.00000300. The molecule has 2 aromatic rings. The number of nitrogens with two attached hydrogens (primary N) is 1. The van der Waals surface area contributed by atoms with E-state index in [-0.39, 0.29) is 24.0 Å². The third-order valence-corrected chi connectivity index (χ3v) is 4.47. The molecule has 1 aliphatic rings. The zero-order valence-corrected chi connectivity index (χ0v) is 19.0. The van der Waals surface area contributed by atoms with E-state index < -0.39 is 0 Å². The number of hydrogen-bond acceptors (Lipinski definition) is 5. The molecule has 1 aliphatic heterocycles. The molecule has 1 heterocycles. The van der Waals surface area contributed by atoms with Crippen molar-refractivity contribution in [3.8, 4) is 11.5 Å². The zero-order chi connectivity index (χ0) is 19.6. The molecule has 1 saturated heterocycles. The van der Waals surface area contributed by atoms with Crippen LogP contribution in [0.15, 0.2) is 53.5 Å². The highest BCUT2D eigenvalue weighted by Gasteiger charge is 2.09. The molecule has 3 rings (SSSR count). The molecule has 29 heavy (non-hydrogen) atoms. The molecular weight excluding hydrogens is 483 g/mol. The number of aliphatic imine (C=N–C) groups is 1. The van der Waals surface area contributed by atoms with Crippen molar-refractivity contribution < 1.29 is 14.2 Å². The van der Waals surface area contributed by atoms with Crippen LogP contribution in [0.4, 0.5) is 5.69 Å². The number of guanidine groups is 1. The monoisotopic (exact) mass is 512 g/mol. The van der Waals surface area contributed by atoms with Crippen LogP contribution in [0.25, 0.3) is 0 Å². The Morgan fingerprint density at radius 2 is 1.90 bits per heavy atom. The molecule has 0 saturated carbocycles. The number of anilines is 1. The van der Waals surface area contributed by atoms with Gasteiger partial charge in [0.05, 0.1) is 26.9 Å². The lowest BCUT2D eigenvalue weighted by Crippen LogP contribution is -2.38. The normalized spacial score (nSPS) is 14.7. The molecule has 0 spiro atoms. The molecular formula is C21H29IN4O3. The van der Waals surface area contributed by atoms with Crippen molar-refractivity contribution in [3.05, 3.63) is 54.1 Å². The molecule has 1 fully saturated rings. The molecule has 2 aromatic carbocycles. The van der Waals surface area contributed by atoms with Crippen LogP contribution in [0.5, 0.6) is 11.5 Å². The van der Waals surface area contributed by atoms with Crippen LogP contribution in [-0.2, 0) is 11.3 Å². The maximum atomic E-state index is 5.99. The van der Waals surface area contributed by atoms with Gasteiger partial charge in [-0.3, -0.25) is 4.90 Å². The lowest BCUT2D eigenvalue weighted by atomic mass is 10.2. The van der Waals surface area contributed by atoms with Crippen LogP contribution in [-0.4, -0.2) is 57.4 Å². The van der Waals surface area contributed by atoms with Crippen LogP contribution in [0.3, 0.4) is 0 Å². The average Bonchev–Trinajstić information content (AvgIpc) is 2.74. The molecule has 0 aliphatic carbocycles. The Bertz CT molecular complexity index is 765. The van der Waals surface area contributed by atoms with Crippen LogP contribution in [0, 0.1) is 0 Å². The molecule has 3 N–H and O–H groups in total. The van der Waals surface area contributed by atoms with Crippen molar-refractivity contribution in [2.75, 3.05) is 51.9 Å². The van der Waals surface area contributed by atoms with Crippen LogP contribution < -0.4 is 20.5 Å². The number of hydrogen-bond donors (Lipinski definition) is 2. The standard InChI is InChI=1S/C21H28N4O3.HI/c1-26-19-7-5-18(6-8-19)24-21(22)23-16-17-3-2-4-20(15-17)28-14-11-25-9-12-27-13-10-25;/h2-8,15H,9-14,16H2,1H3,(H3,22,23,24);1H. The molecule has 158 valence electrons. The summed E-state index contributed by atoms with van der Waals surface area (Å²) >= 11 is 0. The van der Waals surface area contributed by atoms with Gasteiger partial charge >= 0.3 is 0 Å². The number of halogens is 1. The second-order valence-electron chi connectivity index (χ2n) is 6.50. The summed E-state index contributed by atoms with van der Waals surface area (Å²) in [6.45, 7) is 5.60. The van der Waals surface area contributed by atoms with Gasteiger partial charge in [0.1, 0.15) is 18.1 Å². The minimum Gasteiger partial charge on any atom is -0.497 e. The highest BCUT2D eigenvalue weighted by molar-refractivity contribution is 14.0. The second kappa shape index (κ2) is 12.5. The minimum atomic E-state index is 0. The lowest BCUT2D eigenvalue weighted by molar-refractivity contribution is 0.0322. The first-order chi connectivity index (χ1) is 13.7. The fourth-order valence-corrected chi connectivity index (χ4v) is 2.89. The summed E-state index contributed by atoms with van der Waals surface area (Å²) in [6, 6.07) is 15.5. The number of nitrogens with one attached hydrogen (secondary N) is 1. The third-order valence-electron chi connectivity index (χ3n) is 4.47. The summed E-state index contributed by atoms with van der Waals surface area (Å²) in [5.74, 6) is 2.01. The van der Waals surface area contributed by atoms with Gasteiger partial charge in [-0.25, -0.2) is 4.99 Å². The van der Waals surface area contributed by atoms with Gasteiger partial charge in [0.2, 0.25) is 0 Å².